The summed E-state index contributed by atoms with van der Waals surface area (Å²) in [5.74, 6) is 0.858. The molecule has 1 aliphatic carbocycles. The van der Waals surface area contributed by atoms with Crippen molar-refractivity contribution < 1.29 is 9.21 Å². The Labute approximate surface area is 176 Å². The van der Waals surface area contributed by atoms with Gasteiger partial charge < -0.3 is 9.73 Å². The number of fused-ring (bicyclic) bond motifs is 1. The molecule has 0 aliphatic heterocycles. The summed E-state index contributed by atoms with van der Waals surface area (Å²) in [5, 5.41) is 6.16. The molecular weight excluding hydrogens is 402 g/mol. The topological polar surface area (TPSA) is 68.0 Å². The average molecular weight is 424 g/mol. The number of benzene rings is 1. The second-order valence-corrected chi connectivity index (χ2v) is 9.37. The number of rotatable bonds is 5. The highest BCUT2D eigenvalue weighted by molar-refractivity contribution is 7.18. The fourth-order valence-corrected chi connectivity index (χ4v) is 5.82. The smallest absolute Gasteiger partial charge is 0.236 e. The van der Waals surface area contributed by atoms with Gasteiger partial charge in [-0.15, -0.1) is 22.7 Å². The molecule has 1 fully saturated rings. The van der Waals surface area contributed by atoms with Crippen LogP contribution < -0.4 is 5.32 Å². The van der Waals surface area contributed by atoms with Crippen molar-refractivity contribution >= 4 is 38.8 Å². The van der Waals surface area contributed by atoms with Crippen molar-refractivity contribution in [2.45, 2.75) is 38.1 Å². The molecule has 0 radical (unpaired) electrons. The van der Waals surface area contributed by atoms with E-state index in [9.17, 15) is 4.79 Å². The maximum absolute atomic E-state index is 13.0. The number of aromatic nitrogens is 2. The molecule has 5 rings (SSSR count). The Morgan fingerprint density at radius 1 is 1.14 bits per heavy atom. The van der Waals surface area contributed by atoms with Gasteiger partial charge in [0.05, 0.1) is 32.3 Å². The number of carbonyl (C=O) groups is 1. The largest absolute Gasteiger partial charge is 0.443 e. The number of amides is 1. The standard InChI is InChI=1S/C22H21N3O2S2/c26-20(23-12-14-13-27-21(24-14)19-10-5-11-28-19)15-6-1-2-7-16(15)22-25-17-8-3-4-9-18(17)29-22/h3-5,8-11,13,15-16H,1-2,6-7,12H2,(H,23,26). The first kappa shape index (κ1) is 18.5. The molecule has 4 aromatic rings. The number of para-hydroxylation sites is 1. The lowest BCUT2D eigenvalue weighted by atomic mass is 9.79. The highest BCUT2D eigenvalue weighted by atomic mass is 32.1. The van der Waals surface area contributed by atoms with E-state index in [1.165, 1.54) is 4.70 Å². The molecule has 3 aromatic heterocycles. The van der Waals surface area contributed by atoms with Gasteiger partial charge in [-0.3, -0.25) is 4.79 Å². The molecule has 1 amide bonds. The van der Waals surface area contributed by atoms with Gasteiger partial charge >= 0.3 is 0 Å². The number of thiazole rings is 1. The van der Waals surface area contributed by atoms with Gasteiger partial charge in [0.2, 0.25) is 11.8 Å². The Hall–Kier alpha value is -2.51. The first-order valence-electron chi connectivity index (χ1n) is 9.89. The third-order valence-corrected chi connectivity index (χ3v) is 7.48. The van der Waals surface area contributed by atoms with Crippen LogP contribution in [0.15, 0.2) is 52.5 Å². The van der Waals surface area contributed by atoms with E-state index < -0.39 is 0 Å². The van der Waals surface area contributed by atoms with Crippen molar-refractivity contribution in [3.8, 4) is 10.8 Å². The molecule has 2 atom stereocenters. The Morgan fingerprint density at radius 3 is 2.90 bits per heavy atom. The number of hydrogen-bond donors (Lipinski definition) is 1. The molecule has 7 heteroatoms. The van der Waals surface area contributed by atoms with Crippen LogP contribution in [0.5, 0.6) is 0 Å². The van der Waals surface area contributed by atoms with Gasteiger partial charge in [0.25, 0.3) is 0 Å². The molecule has 0 bridgehead atoms. The lowest BCUT2D eigenvalue weighted by Gasteiger charge is -2.29. The lowest BCUT2D eigenvalue weighted by Crippen LogP contribution is -2.35. The number of thiophene rings is 1. The summed E-state index contributed by atoms with van der Waals surface area (Å²) in [6, 6.07) is 12.1. The first-order chi connectivity index (χ1) is 14.3. The second kappa shape index (κ2) is 8.08. The normalized spacial score (nSPS) is 19.4. The van der Waals surface area contributed by atoms with E-state index >= 15 is 0 Å². The Bertz CT molecular complexity index is 1080. The Kier molecular flexibility index (Phi) is 5.16. The van der Waals surface area contributed by atoms with Crippen LogP contribution in [0.3, 0.4) is 0 Å². The summed E-state index contributed by atoms with van der Waals surface area (Å²) >= 11 is 3.31. The van der Waals surface area contributed by atoms with Gasteiger partial charge in [0.1, 0.15) is 6.26 Å². The first-order valence-corrected chi connectivity index (χ1v) is 11.6. The minimum Gasteiger partial charge on any atom is -0.443 e. The number of carbonyl (C=O) groups excluding carboxylic acids is 1. The van der Waals surface area contributed by atoms with E-state index in [1.807, 2.05) is 35.7 Å². The van der Waals surface area contributed by atoms with Crippen LogP contribution in [-0.2, 0) is 11.3 Å². The third-order valence-electron chi connectivity index (χ3n) is 5.46. The fourth-order valence-electron chi connectivity index (χ4n) is 4.00. The fraction of sp³-hybridized carbons (Fsp3) is 0.318. The van der Waals surface area contributed by atoms with Crippen molar-refractivity contribution in [2.24, 2.45) is 5.92 Å². The van der Waals surface area contributed by atoms with Crippen molar-refractivity contribution in [1.29, 1.82) is 0 Å². The molecule has 5 nitrogen and oxygen atoms in total. The summed E-state index contributed by atoms with van der Waals surface area (Å²) in [7, 11) is 0. The average Bonchev–Trinajstić information content (AvgIpc) is 3.52. The molecule has 1 aliphatic rings. The van der Waals surface area contributed by atoms with Crippen molar-refractivity contribution in [2.75, 3.05) is 0 Å². The molecule has 0 saturated heterocycles. The van der Waals surface area contributed by atoms with Crippen LogP contribution in [0.1, 0.15) is 42.3 Å². The van der Waals surface area contributed by atoms with Gasteiger partial charge in [-0.1, -0.05) is 31.0 Å². The number of nitrogens with zero attached hydrogens (tertiary/aromatic N) is 2. The molecule has 1 saturated carbocycles. The number of nitrogens with one attached hydrogen (secondary N) is 1. The minimum atomic E-state index is -0.0343. The van der Waals surface area contributed by atoms with Crippen LogP contribution in [0.4, 0.5) is 0 Å². The molecular formula is C22H21N3O2S2. The van der Waals surface area contributed by atoms with Crippen LogP contribution in [0, 0.1) is 5.92 Å². The van der Waals surface area contributed by atoms with Crippen LogP contribution >= 0.6 is 22.7 Å². The zero-order valence-corrected chi connectivity index (χ0v) is 17.5. The molecule has 1 N–H and O–H groups in total. The molecule has 2 unspecified atom stereocenters. The lowest BCUT2D eigenvalue weighted by molar-refractivity contribution is -0.126. The van der Waals surface area contributed by atoms with Gasteiger partial charge in [-0.05, 0) is 36.4 Å². The summed E-state index contributed by atoms with van der Waals surface area (Å²) in [6.45, 7) is 0.386. The quantitative estimate of drug-likeness (QED) is 0.453. The molecule has 0 spiro atoms. The van der Waals surface area contributed by atoms with Crippen LogP contribution in [-0.4, -0.2) is 15.9 Å². The van der Waals surface area contributed by atoms with Crippen molar-refractivity contribution in [3.05, 3.63) is 58.7 Å². The zero-order valence-electron chi connectivity index (χ0n) is 15.8. The monoisotopic (exact) mass is 423 g/mol. The summed E-state index contributed by atoms with van der Waals surface area (Å²) < 4.78 is 6.74. The number of oxazole rings is 1. The highest BCUT2D eigenvalue weighted by Crippen LogP contribution is 2.41. The maximum Gasteiger partial charge on any atom is 0.236 e. The van der Waals surface area contributed by atoms with Crippen LogP contribution in [0.2, 0.25) is 0 Å². The second-order valence-electron chi connectivity index (χ2n) is 7.36. The van der Waals surface area contributed by atoms with Crippen LogP contribution in [0.25, 0.3) is 21.0 Å². The van der Waals surface area contributed by atoms with E-state index in [-0.39, 0.29) is 17.7 Å². The maximum atomic E-state index is 13.0. The van der Waals surface area contributed by atoms with Gasteiger partial charge in [0, 0.05) is 11.8 Å². The third kappa shape index (κ3) is 3.84. The van der Waals surface area contributed by atoms with Gasteiger partial charge in [0.15, 0.2) is 0 Å². The summed E-state index contributed by atoms with van der Waals surface area (Å²) in [5.41, 5.74) is 1.77. The van der Waals surface area contributed by atoms with Gasteiger partial charge in [-0.25, -0.2) is 9.97 Å². The molecule has 1 aromatic carbocycles. The summed E-state index contributed by atoms with van der Waals surface area (Å²) in [4.78, 5) is 23.3. The highest BCUT2D eigenvalue weighted by Gasteiger charge is 2.34. The molecule has 148 valence electrons. The van der Waals surface area contributed by atoms with Crippen molar-refractivity contribution in [3.63, 3.8) is 0 Å². The molecule has 3 heterocycles. The van der Waals surface area contributed by atoms with E-state index in [2.05, 4.69) is 16.4 Å². The Balaban J connectivity index is 1.28. The molecule has 29 heavy (non-hydrogen) atoms. The van der Waals surface area contributed by atoms with E-state index in [0.717, 1.165) is 46.8 Å². The summed E-state index contributed by atoms with van der Waals surface area (Å²) in [6.07, 6.45) is 5.79. The van der Waals surface area contributed by atoms with E-state index in [1.54, 1.807) is 28.9 Å². The Morgan fingerprint density at radius 2 is 2.03 bits per heavy atom. The minimum absolute atomic E-state index is 0.0343. The zero-order chi connectivity index (χ0) is 19.6. The van der Waals surface area contributed by atoms with Gasteiger partial charge in [-0.2, -0.15) is 0 Å². The predicted molar refractivity (Wildman–Crippen MR) is 116 cm³/mol. The predicted octanol–water partition coefficient (Wildman–Crippen LogP) is 5.60. The number of hydrogen-bond acceptors (Lipinski definition) is 6. The van der Waals surface area contributed by atoms with Crippen molar-refractivity contribution in [1.82, 2.24) is 15.3 Å². The van der Waals surface area contributed by atoms with E-state index in [0.29, 0.717) is 12.4 Å². The van der Waals surface area contributed by atoms with E-state index in [4.69, 9.17) is 9.40 Å². The SMILES string of the molecule is O=C(NCc1coc(-c2cccs2)n1)C1CCCCC1c1nc2ccccc2s1.